The standard InChI is InChI=1S/C25H20N6O2/c1-14-8-18(9-15(2)27-14)22-23(17-5-3-4-16(10-17)13-26)30-31-7-6-21(29-24(22)31)25(33)28-19-11-20(32)12-19/h3-11,19,32H,12H2,1-2H3,(H,28,33). The molecule has 0 saturated carbocycles. The van der Waals surface area contributed by atoms with E-state index in [1.54, 1.807) is 35.0 Å². The predicted octanol–water partition coefficient (Wildman–Crippen LogP) is 3.89. The quantitative estimate of drug-likeness (QED) is 0.501. The first kappa shape index (κ1) is 20.4. The Bertz CT molecular complexity index is 1470. The molecule has 1 aliphatic carbocycles. The minimum absolute atomic E-state index is 0.199. The zero-order valence-electron chi connectivity index (χ0n) is 18.1. The van der Waals surface area contributed by atoms with Crippen molar-refractivity contribution in [2.24, 2.45) is 0 Å². The van der Waals surface area contributed by atoms with Crippen LogP contribution in [-0.4, -0.2) is 36.6 Å². The van der Waals surface area contributed by atoms with Gasteiger partial charge in [0.05, 0.1) is 29.0 Å². The van der Waals surface area contributed by atoms with Crippen LogP contribution in [-0.2, 0) is 0 Å². The minimum atomic E-state index is -0.325. The van der Waals surface area contributed by atoms with Crippen LogP contribution < -0.4 is 5.32 Å². The lowest BCUT2D eigenvalue weighted by Gasteiger charge is -2.22. The van der Waals surface area contributed by atoms with Gasteiger partial charge in [0.1, 0.15) is 11.4 Å². The Balaban J connectivity index is 1.69. The molecule has 8 nitrogen and oxygen atoms in total. The Morgan fingerprint density at radius 2 is 1.91 bits per heavy atom. The van der Waals surface area contributed by atoms with E-state index in [2.05, 4.69) is 21.4 Å². The molecule has 1 amide bonds. The number of fused-ring (bicyclic) bond motifs is 1. The number of aromatic nitrogens is 4. The molecule has 0 spiro atoms. The van der Waals surface area contributed by atoms with Crippen molar-refractivity contribution < 1.29 is 9.90 Å². The van der Waals surface area contributed by atoms with Crippen LogP contribution in [0, 0.1) is 25.2 Å². The molecular formula is C25H20N6O2. The lowest BCUT2D eigenvalue weighted by atomic mass is 9.99. The van der Waals surface area contributed by atoms with Crippen molar-refractivity contribution in [2.45, 2.75) is 26.3 Å². The first-order valence-electron chi connectivity index (χ1n) is 10.5. The number of nitriles is 1. The molecule has 0 aliphatic heterocycles. The summed E-state index contributed by atoms with van der Waals surface area (Å²) in [4.78, 5) is 21.9. The molecule has 1 atom stereocenters. The number of hydrogen-bond acceptors (Lipinski definition) is 6. The number of aliphatic hydroxyl groups excluding tert-OH is 1. The molecule has 8 heteroatoms. The van der Waals surface area contributed by atoms with Crippen molar-refractivity contribution in [3.05, 3.63) is 83.1 Å². The topological polar surface area (TPSA) is 116 Å². The second-order valence-corrected chi connectivity index (χ2v) is 8.08. The molecule has 2 N–H and O–H groups in total. The second kappa shape index (κ2) is 7.88. The first-order valence-corrected chi connectivity index (χ1v) is 10.5. The van der Waals surface area contributed by atoms with Crippen molar-refractivity contribution in [1.82, 2.24) is 24.9 Å². The summed E-state index contributed by atoms with van der Waals surface area (Å²) in [6.45, 7) is 3.85. The van der Waals surface area contributed by atoms with Crippen LogP contribution in [0.25, 0.3) is 28.0 Å². The third-order valence-corrected chi connectivity index (χ3v) is 5.49. The number of benzene rings is 1. The first-order chi connectivity index (χ1) is 15.9. The van der Waals surface area contributed by atoms with Gasteiger partial charge in [-0.1, -0.05) is 12.1 Å². The molecule has 1 unspecified atom stereocenters. The van der Waals surface area contributed by atoms with E-state index in [0.717, 1.165) is 28.1 Å². The van der Waals surface area contributed by atoms with Crippen LogP contribution in [0.5, 0.6) is 0 Å². The number of aryl methyl sites for hydroxylation is 2. The lowest BCUT2D eigenvalue weighted by molar-refractivity contribution is 0.0932. The largest absolute Gasteiger partial charge is 0.512 e. The predicted molar refractivity (Wildman–Crippen MR) is 122 cm³/mol. The molecule has 0 radical (unpaired) electrons. The number of nitrogens with zero attached hydrogens (tertiary/aromatic N) is 5. The van der Waals surface area contributed by atoms with E-state index >= 15 is 0 Å². The summed E-state index contributed by atoms with van der Waals surface area (Å²) in [5.41, 5.74) is 6.09. The highest BCUT2D eigenvalue weighted by molar-refractivity contribution is 5.95. The summed E-state index contributed by atoms with van der Waals surface area (Å²) in [6, 6.07) is 14.7. The Morgan fingerprint density at radius 1 is 1.15 bits per heavy atom. The second-order valence-electron chi connectivity index (χ2n) is 8.08. The highest BCUT2D eigenvalue weighted by Gasteiger charge is 2.23. The Labute approximate surface area is 189 Å². The number of carbonyl (C=O) groups excluding carboxylic acids is 1. The Kier molecular flexibility index (Phi) is 4.87. The van der Waals surface area contributed by atoms with E-state index in [4.69, 9.17) is 5.10 Å². The van der Waals surface area contributed by atoms with Gasteiger partial charge in [-0.25, -0.2) is 9.50 Å². The highest BCUT2D eigenvalue weighted by Crippen LogP contribution is 2.35. The van der Waals surface area contributed by atoms with E-state index in [-0.39, 0.29) is 23.4 Å². The van der Waals surface area contributed by atoms with Gasteiger partial charge in [-0.3, -0.25) is 9.78 Å². The maximum absolute atomic E-state index is 12.8. The fraction of sp³-hybridized carbons (Fsp3) is 0.160. The van der Waals surface area contributed by atoms with Crippen LogP contribution in [0.2, 0.25) is 0 Å². The SMILES string of the molecule is Cc1cc(-c2c(-c3cccc(C#N)c3)nn3ccc(C(=O)NC4C=C(O)C4)nc23)cc(C)n1. The fourth-order valence-corrected chi connectivity index (χ4v) is 4.00. The van der Waals surface area contributed by atoms with Crippen LogP contribution in [0.4, 0.5) is 0 Å². The number of amides is 1. The molecular weight excluding hydrogens is 416 g/mol. The van der Waals surface area contributed by atoms with E-state index in [9.17, 15) is 15.2 Å². The molecule has 33 heavy (non-hydrogen) atoms. The monoisotopic (exact) mass is 436 g/mol. The fourth-order valence-electron chi connectivity index (χ4n) is 4.00. The Morgan fingerprint density at radius 3 is 2.61 bits per heavy atom. The number of pyridine rings is 1. The molecule has 0 bridgehead atoms. The van der Waals surface area contributed by atoms with Crippen LogP contribution in [0.15, 0.2) is 60.5 Å². The molecule has 3 aromatic heterocycles. The van der Waals surface area contributed by atoms with Crippen LogP contribution >= 0.6 is 0 Å². The molecule has 3 heterocycles. The smallest absolute Gasteiger partial charge is 0.270 e. The lowest BCUT2D eigenvalue weighted by Crippen LogP contribution is -2.38. The van der Waals surface area contributed by atoms with Crippen molar-refractivity contribution in [3.8, 4) is 28.5 Å². The van der Waals surface area contributed by atoms with E-state index in [1.807, 2.05) is 38.1 Å². The molecule has 1 aromatic carbocycles. The summed E-state index contributed by atoms with van der Waals surface area (Å²) in [5, 5.41) is 26.3. The summed E-state index contributed by atoms with van der Waals surface area (Å²) < 4.78 is 1.64. The molecule has 162 valence electrons. The highest BCUT2D eigenvalue weighted by atomic mass is 16.3. The number of rotatable bonds is 4. The maximum atomic E-state index is 12.8. The minimum Gasteiger partial charge on any atom is -0.512 e. The molecule has 5 rings (SSSR count). The number of nitrogens with one attached hydrogen (secondary N) is 1. The van der Waals surface area contributed by atoms with Gasteiger partial charge < -0.3 is 10.4 Å². The Hall–Kier alpha value is -4.51. The van der Waals surface area contributed by atoms with E-state index in [0.29, 0.717) is 23.3 Å². The van der Waals surface area contributed by atoms with Gasteiger partial charge in [-0.15, -0.1) is 0 Å². The van der Waals surface area contributed by atoms with Crippen molar-refractivity contribution >= 4 is 11.6 Å². The van der Waals surface area contributed by atoms with Crippen molar-refractivity contribution in [3.63, 3.8) is 0 Å². The van der Waals surface area contributed by atoms with Gasteiger partial charge in [0.25, 0.3) is 5.91 Å². The summed E-state index contributed by atoms with van der Waals surface area (Å²) >= 11 is 0. The molecule has 0 fully saturated rings. The van der Waals surface area contributed by atoms with Crippen LogP contribution in [0.3, 0.4) is 0 Å². The van der Waals surface area contributed by atoms with Crippen molar-refractivity contribution in [1.29, 1.82) is 5.26 Å². The van der Waals surface area contributed by atoms with Crippen LogP contribution in [0.1, 0.15) is 33.9 Å². The maximum Gasteiger partial charge on any atom is 0.270 e. The average Bonchev–Trinajstić information content (AvgIpc) is 3.16. The third-order valence-electron chi connectivity index (χ3n) is 5.49. The van der Waals surface area contributed by atoms with Gasteiger partial charge in [-0.05, 0) is 55.8 Å². The zero-order valence-corrected chi connectivity index (χ0v) is 18.1. The third kappa shape index (κ3) is 3.81. The van der Waals surface area contributed by atoms with Gasteiger partial charge in [0.15, 0.2) is 5.65 Å². The van der Waals surface area contributed by atoms with Gasteiger partial charge >= 0.3 is 0 Å². The molecule has 0 saturated heterocycles. The normalized spacial score (nSPS) is 14.9. The summed E-state index contributed by atoms with van der Waals surface area (Å²) in [6.07, 6.45) is 3.72. The van der Waals surface area contributed by atoms with Crippen molar-refractivity contribution in [2.75, 3.05) is 0 Å². The number of hydrogen-bond donors (Lipinski definition) is 2. The summed E-state index contributed by atoms with van der Waals surface area (Å²) in [5.74, 6) is -0.0528. The van der Waals surface area contributed by atoms with Gasteiger partial charge in [0, 0.05) is 29.6 Å². The number of aliphatic hydroxyl groups is 1. The molecule has 1 aliphatic rings. The van der Waals surface area contributed by atoms with Gasteiger partial charge in [-0.2, -0.15) is 10.4 Å². The van der Waals surface area contributed by atoms with E-state index < -0.39 is 0 Å². The summed E-state index contributed by atoms with van der Waals surface area (Å²) in [7, 11) is 0. The van der Waals surface area contributed by atoms with E-state index in [1.165, 1.54) is 0 Å². The zero-order chi connectivity index (χ0) is 23.1. The average molecular weight is 436 g/mol. The number of carbonyl (C=O) groups is 1. The van der Waals surface area contributed by atoms with Gasteiger partial charge in [0.2, 0.25) is 0 Å². The molecule has 4 aromatic rings.